The number of ether oxygens (including phenoxy) is 2. The van der Waals surface area contributed by atoms with E-state index in [2.05, 4.69) is 0 Å². The lowest BCUT2D eigenvalue weighted by Crippen LogP contribution is -1.92. The van der Waals surface area contributed by atoms with Crippen LogP contribution in [0.4, 0.5) is 0 Å². The van der Waals surface area contributed by atoms with Crippen LogP contribution in [0.2, 0.25) is 0 Å². The van der Waals surface area contributed by atoms with Gasteiger partial charge in [0.05, 0.1) is 25.3 Å². The van der Waals surface area contributed by atoms with Crippen LogP contribution in [0.3, 0.4) is 0 Å². The number of furan rings is 1. The number of fused-ring (bicyclic) bond motifs is 1. The molecule has 0 saturated heterocycles. The molecule has 0 aliphatic carbocycles. The van der Waals surface area contributed by atoms with Crippen LogP contribution in [0.1, 0.15) is 10.4 Å². The molecule has 6 heteroatoms. The molecule has 0 saturated carbocycles. The van der Waals surface area contributed by atoms with Gasteiger partial charge in [-0.05, 0) is 18.2 Å². The smallest absolute Gasteiger partial charge is 0.161 e. The zero-order valence-electron chi connectivity index (χ0n) is 12.5. The first-order chi connectivity index (χ1) is 11.1. The van der Waals surface area contributed by atoms with Gasteiger partial charge in [0.2, 0.25) is 0 Å². The molecule has 0 spiro atoms. The molecule has 0 aliphatic heterocycles. The number of carbonyl (C=O) groups is 1. The Labute approximate surface area is 131 Å². The summed E-state index contributed by atoms with van der Waals surface area (Å²) in [5.41, 5.74) is 1.15. The number of rotatable bonds is 4. The Kier molecular flexibility index (Phi) is 3.57. The van der Waals surface area contributed by atoms with Crippen LogP contribution >= 0.6 is 0 Å². The van der Waals surface area contributed by atoms with Crippen molar-refractivity contribution in [2.75, 3.05) is 14.2 Å². The Morgan fingerprint density at radius 1 is 1.04 bits per heavy atom. The normalized spacial score (nSPS) is 10.7. The second-order valence-electron chi connectivity index (χ2n) is 4.87. The highest BCUT2D eigenvalue weighted by Gasteiger charge is 2.21. The van der Waals surface area contributed by atoms with Crippen molar-refractivity contribution in [2.24, 2.45) is 0 Å². The predicted octanol–water partition coefficient (Wildman–Crippen LogP) is 3.34. The summed E-state index contributed by atoms with van der Waals surface area (Å²) in [6.07, 6.45) is 0.678. The van der Waals surface area contributed by atoms with Gasteiger partial charge < -0.3 is 24.1 Å². The SMILES string of the molecule is COc1cc(-c2oc3cc(O)ccc3c2C=O)c(OC)cc1O. The minimum atomic E-state index is -0.0884. The molecule has 1 aromatic heterocycles. The van der Waals surface area contributed by atoms with E-state index in [0.717, 1.165) is 0 Å². The van der Waals surface area contributed by atoms with Crippen molar-refractivity contribution in [2.45, 2.75) is 0 Å². The van der Waals surface area contributed by atoms with Gasteiger partial charge >= 0.3 is 0 Å². The third-order valence-corrected chi connectivity index (χ3v) is 3.58. The van der Waals surface area contributed by atoms with Crippen molar-refractivity contribution < 1.29 is 28.9 Å². The third kappa shape index (κ3) is 2.34. The number of phenolic OH excluding ortho intramolecular Hbond substituents is 2. The molecule has 0 fully saturated rings. The van der Waals surface area contributed by atoms with Crippen LogP contribution in [0.15, 0.2) is 34.7 Å². The van der Waals surface area contributed by atoms with Gasteiger partial charge in [0.1, 0.15) is 22.8 Å². The Balaban J connectivity index is 2.33. The average Bonchev–Trinajstić information content (AvgIpc) is 2.91. The molecule has 1 heterocycles. The van der Waals surface area contributed by atoms with Gasteiger partial charge in [-0.15, -0.1) is 0 Å². The van der Waals surface area contributed by atoms with E-state index in [4.69, 9.17) is 13.9 Å². The van der Waals surface area contributed by atoms with Crippen molar-refractivity contribution in [3.63, 3.8) is 0 Å². The summed E-state index contributed by atoms with van der Waals surface area (Å²) in [6, 6.07) is 7.41. The van der Waals surface area contributed by atoms with Crippen molar-refractivity contribution >= 4 is 17.3 Å². The number of hydrogen-bond acceptors (Lipinski definition) is 6. The second kappa shape index (κ2) is 5.57. The first-order valence-corrected chi connectivity index (χ1v) is 6.75. The minimum absolute atomic E-state index is 0.0329. The number of phenols is 2. The molecule has 0 aliphatic rings. The maximum absolute atomic E-state index is 11.5. The Hall–Kier alpha value is -3.15. The first-order valence-electron chi connectivity index (χ1n) is 6.75. The number of hydrogen-bond donors (Lipinski definition) is 2. The molecule has 3 rings (SSSR count). The van der Waals surface area contributed by atoms with Crippen LogP contribution in [-0.4, -0.2) is 30.7 Å². The molecular formula is C17H14O6. The number of aromatic hydroxyl groups is 2. The molecule has 0 atom stereocenters. The van der Waals surface area contributed by atoms with E-state index in [1.807, 2.05) is 0 Å². The molecular weight excluding hydrogens is 300 g/mol. The molecule has 0 bridgehead atoms. The summed E-state index contributed by atoms with van der Waals surface area (Å²) in [5, 5.41) is 20.0. The summed E-state index contributed by atoms with van der Waals surface area (Å²) >= 11 is 0. The number of benzene rings is 2. The topological polar surface area (TPSA) is 89.1 Å². The Morgan fingerprint density at radius 3 is 2.43 bits per heavy atom. The van der Waals surface area contributed by atoms with Crippen molar-refractivity contribution in [1.29, 1.82) is 0 Å². The van der Waals surface area contributed by atoms with Crippen LogP contribution in [0.5, 0.6) is 23.0 Å². The lowest BCUT2D eigenvalue weighted by atomic mass is 10.0. The highest BCUT2D eigenvalue weighted by atomic mass is 16.5. The van der Waals surface area contributed by atoms with Gasteiger partial charge in [0, 0.05) is 17.5 Å². The van der Waals surface area contributed by atoms with Gasteiger partial charge in [0.25, 0.3) is 0 Å². The van der Waals surface area contributed by atoms with E-state index in [1.165, 1.54) is 38.5 Å². The fraction of sp³-hybridized carbons (Fsp3) is 0.118. The zero-order valence-corrected chi connectivity index (χ0v) is 12.5. The molecule has 0 unspecified atom stereocenters. The van der Waals surface area contributed by atoms with Gasteiger partial charge in [-0.3, -0.25) is 4.79 Å². The molecule has 0 amide bonds. The lowest BCUT2D eigenvalue weighted by molar-refractivity contribution is 0.112. The first kappa shape index (κ1) is 14.8. The van der Waals surface area contributed by atoms with E-state index in [-0.39, 0.29) is 23.0 Å². The van der Waals surface area contributed by atoms with E-state index >= 15 is 0 Å². The maximum atomic E-state index is 11.5. The number of methoxy groups -OCH3 is 2. The highest BCUT2D eigenvalue weighted by Crippen LogP contribution is 2.43. The summed E-state index contributed by atoms with van der Waals surface area (Å²) < 4.78 is 16.1. The van der Waals surface area contributed by atoms with Gasteiger partial charge in [-0.1, -0.05) is 0 Å². The van der Waals surface area contributed by atoms with Gasteiger partial charge in [0.15, 0.2) is 17.8 Å². The second-order valence-corrected chi connectivity index (χ2v) is 4.87. The predicted molar refractivity (Wildman–Crippen MR) is 83.5 cm³/mol. The zero-order chi connectivity index (χ0) is 16.6. The van der Waals surface area contributed by atoms with Crippen molar-refractivity contribution in [3.8, 4) is 34.3 Å². The minimum Gasteiger partial charge on any atom is -0.508 e. The van der Waals surface area contributed by atoms with Crippen LogP contribution in [0, 0.1) is 0 Å². The molecule has 6 nitrogen and oxygen atoms in total. The molecule has 23 heavy (non-hydrogen) atoms. The summed E-state index contributed by atoms with van der Waals surface area (Å²) in [4.78, 5) is 11.5. The Bertz CT molecular complexity index is 894. The monoisotopic (exact) mass is 314 g/mol. The van der Waals surface area contributed by atoms with E-state index in [9.17, 15) is 15.0 Å². The van der Waals surface area contributed by atoms with E-state index in [0.29, 0.717) is 34.1 Å². The van der Waals surface area contributed by atoms with Crippen LogP contribution in [0.25, 0.3) is 22.3 Å². The summed E-state index contributed by atoms with van der Waals surface area (Å²) in [5.74, 6) is 0.770. The fourth-order valence-electron chi connectivity index (χ4n) is 2.48. The molecule has 0 radical (unpaired) electrons. The average molecular weight is 314 g/mol. The fourth-order valence-corrected chi connectivity index (χ4v) is 2.48. The van der Waals surface area contributed by atoms with Crippen molar-refractivity contribution in [1.82, 2.24) is 0 Å². The highest BCUT2D eigenvalue weighted by molar-refractivity contribution is 6.03. The summed E-state index contributed by atoms with van der Waals surface area (Å²) in [7, 11) is 2.86. The van der Waals surface area contributed by atoms with Crippen molar-refractivity contribution in [3.05, 3.63) is 35.9 Å². The molecule has 2 aromatic carbocycles. The third-order valence-electron chi connectivity index (χ3n) is 3.58. The quantitative estimate of drug-likeness (QED) is 0.718. The van der Waals surface area contributed by atoms with E-state index in [1.54, 1.807) is 6.07 Å². The molecule has 2 N–H and O–H groups in total. The van der Waals surface area contributed by atoms with Crippen LogP contribution < -0.4 is 9.47 Å². The molecule has 118 valence electrons. The largest absolute Gasteiger partial charge is 0.508 e. The van der Waals surface area contributed by atoms with Gasteiger partial charge in [-0.2, -0.15) is 0 Å². The molecule has 3 aromatic rings. The lowest BCUT2D eigenvalue weighted by Gasteiger charge is -2.10. The standard InChI is InChI=1S/C17H14O6/c1-21-14-7-13(20)16(22-2)6-11(14)17-12(8-18)10-4-3-9(19)5-15(10)23-17/h3-8,19-20H,1-2H3. The van der Waals surface area contributed by atoms with Crippen LogP contribution in [-0.2, 0) is 0 Å². The maximum Gasteiger partial charge on any atom is 0.161 e. The number of aldehydes is 1. The summed E-state index contributed by atoms with van der Waals surface area (Å²) in [6.45, 7) is 0. The number of carbonyl (C=O) groups excluding carboxylic acids is 1. The van der Waals surface area contributed by atoms with Gasteiger partial charge in [-0.25, -0.2) is 0 Å². The Morgan fingerprint density at radius 2 is 1.78 bits per heavy atom. The van der Waals surface area contributed by atoms with E-state index < -0.39 is 0 Å².